The maximum absolute atomic E-state index is 12.6. The van der Waals surface area contributed by atoms with Crippen LogP contribution in [-0.4, -0.2) is 16.4 Å². The molecule has 2 aliphatic rings. The highest BCUT2D eigenvalue weighted by Crippen LogP contribution is 2.29. The van der Waals surface area contributed by atoms with Crippen LogP contribution in [0.25, 0.3) is 17.0 Å². The predicted molar refractivity (Wildman–Crippen MR) is 130 cm³/mol. The number of rotatable bonds is 5. The molecule has 1 fully saturated rings. The van der Waals surface area contributed by atoms with E-state index >= 15 is 0 Å². The number of carbonyl (C=O) groups excluding carboxylic acids is 2. The molecule has 0 atom stereocenters. The zero-order valence-electron chi connectivity index (χ0n) is 18.3. The molecule has 0 bridgehead atoms. The zero-order chi connectivity index (χ0) is 21.9. The van der Waals surface area contributed by atoms with Gasteiger partial charge in [-0.25, -0.2) is 0 Å². The summed E-state index contributed by atoms with van der Waals surface area (Å²) in [6.45, 7) is 0.999. The third-order valence-corrected chi connectivity index (χ3v) is 6.69. The summed E-state index contributed by atoms with van der Waals surface area (Å²) in [5.74, 6) is 0.541. The van der Waals surface area contributed by atoms with Crippen molar-refractivity contribution >= 4 is 40.2 Å². The smallest absolute Gasteiger partial charge is 0.248 e. The highest BCUT2D eigenvalue weighted by molar-refractivity contribution is 6.03. The van der Waals surface area contributed by atoms with Gasteiger partial charge in [0.05, 0.1) is 0 Å². The van der Waals surface area contributed by atoms with E-state index in [4.69, 9.17) is 0 Å². The number of para-hydroxylation sites is 1. The summed E-state index contributed by atoms with van der Waals surface area (Å²) in [7, 11) is 0. The van der Waals surface area contributed by atoms with Crippen molar-refractivity contribution in [2.75, 3.05) is 10.6 Å². The van der Waals surface area contributed by atoms with Crippen LogP contribution >= 0.6 is 0 Å². The summed E-state index contributed by atoms with van der Waals surface area (Å²) in [4.78, 5) is 24.3. The average molecular weight is 428 g/mol. The van der Waals surface area contributed by atoms with E-state index in [2.05, 4.69) is 45.5 Å². The second kappa shape index (κ2) is 9.03. The van der Waals surface area contributed by atoms with Crippen LogP contribution in [0.15, 0.2) is 54.6 Å². The van der Waals surface area contributed by atoms with Gasteiger partial charge in [0.1, 0.15) is 0 Å². The molecule has 0 saturated heterocycles. The Kier molecular flexibility index (Phi) is 5.80. The van der Waals surface area contributed by atoms with E-state index in [1.54, 1.807) is 6.08 Å². The summed E-state index contributed by atoms with van der Waals surface area (Å²) in [5.41, 5.74) is 4.86. The van der Waals surface area contributed by atoms with Gasteiger partial charge < -0.3 is 15.2 Å². The van der Waals surface area contributed by atoms with Crippen molar-refractivity contribution in [2.45, 2.75) is 51.5 Å². The van der Waals surface area contributed by atoms with E-state index in [1.165, 1.54) is 43.0 Å². The molecule has 164 valence electrons. The van der Waals surface area contributed by atoms with Crippen LogP contribution < -0.4 is 10.6 Å². The molecule has 5 heteroatoms. The first-order valence-corrected chi connectivity index (χ1v) is 11.7. The molecule has 1 aliphatic heterocycles. The summed E-state index contributed by atoms with van der Waals surface area (Å²) in [6.07, 6.45) is 11.3. The quantitative estimate of drug-likeness (QED) is 0.509. The van der Waals surface area contributed by atoms with Crippen molar-refractivity contribution in [3.63, 3.8) is 0 Å². The zero-order valence-corrected chi connectivity index (χ0v) is 18.3. The van der Waals surface area contributed by atoms with Crippen molar-refractivity contribution < 1.29 is 9.59 Å². The fourth-order valence-corrected chi connectivity index (χ4v) is 5.00. The molecule has 5 rings (SSSR count). The topological polar surface area (TPSA) is 63.1 Å². The summed E-state index contributed by atoms with van der Waals surface area (Å²) in [5, 5.41) is 7.01. The molecule has 1 aliphatic carbocycles. The van der Waals surface area contributed by atoms with E-state index in [9.17, 15) is 9.59 Å². The summed E-state index contributed by atoms with van der Waals surface area (Å²) >= 11 is 0. The number of benzene rings is 2. The molecule has 2 aromatic carbocycles. The molecular weight excluding hydrogens is 398 g/mol. The van der Waals surface area contributed by atoms with Crippen LogP contribution in [0.3, 0.4) is 0 Å². The normalized spacial score (nSPS) is 16.8. The monoisotopic (exact) mass is 427 g/mol. The van der Waals surface area contributed by atoms with Gasteiger partial charge in [-0.2, -0.15) is 0 Å². The van der Waals surface area contributed by atoms with Gasteiger partial charge in [-0.1, -0.05) is 43.5 Å². The summed E-state index contributed by atoms with van der Waals surface area (Å²) in [6, 6.07) is 16.3. The number of nitrogens with one attached hydrogen (secondary N) is 2. The van der Waals surface area contributed by atoms with E-state index in [0.717, 1.165) is 29.9 Å². The largest absolute Gasteiger partial charge is 0.341 e. The number of hydrogen-bond acceptors (Lipinski definition) is 2. The Bertz CT molecular complexity index is 1180. The highest BCUT2D eigenvalue weighted by atomic mass is 16.2. The van der Waals surface area contributed by atoms with Crippen molar-refractivity contribution in [1.29, 1.82) is 0 Å². The number of hydrogen-bond donors (Lipinski definition) is 2. The Morgan fingerprint density at radius 1 is 1.06 bits per heavy atom. The number of aryl methyl sites for hydroxylation is 1. The Labute approximate surface area is 188 Å². The molecule has 2 N–H and O–H groups in total. The summed E-state index contributed by atoms with van der Waals surface area (Å²) < 4.78 is 2.36. The van der Waals surface area contributed by atoms with Gasteiger partial charge in [-0.15, -0.1) is 0 Å². The number of fused-ring (bicyclic) bond motifs is 2. The lowest BCUT2D eigenvalue weighted by Gasteiger charge is -2.23. The standard InChI is InChI=1S/C27H29N3O2/c31-26(28-22-12-10-20-11-14-27(32)29-24(20)17-22)15-13-23-16-21-8-4-5-9-25(21)30(23)18-19-6-2-1-3-7-19/h4-5,8-10,12-13,15-17,19H,1-3,6-7,11,14,18H2,(H,28,31)(H,29,32)/b15-13+. The average Bonchev–Trinajstić information content (AvgIpc) is 3.15. The van der Waals surface area contributed by atoms with Gasteiger partial charge in [0.25, 0.3) is 0 Å². The molecule has 2 amide bonds. The number of amides is 2. The van der Waals surface area contributed by atoms with Crippen LogP contribution in [0.2, 0.25) is 0 Å². The molecule has 0 spiro atoms. The van der Waals surface area contributed by atoms with Gasteiger partial charge in [0, 0.05) is 47.0 Å². The Morgan fingerprint density at radius 3 is 2.78 bits per heavy atom. The lowest BCUT2D eigenvalue weighted by Crippen LogP contribution is -2.19. The van der Waals surface area contributed by atoms with Gasteiger partial charge >= 0.3 is 0 Å². The molecule has 0 radical (unpaired) electrons. The lowest BCUT2D eigenvalue weighted by molar-refractivity contribution is -0.116. The molecule has 1 aromatic heterocycles. The first-order valence-electron chi connectivity index (χ1n) is 11.7. The minimum Gasteiger partial charge on any atom is -0.341 e. The predicted octanol–water partition coefficient (Wildman–Crippen LogP) is 5.76. The first kappa shape index (κ1) is 20.6. The number of carbonyl (C=O) groups is 2. The maximum Gasteiger partial charge on any atom is 0.248 e. The highest BCUT2D eigenvalue weighted by Gasteiger charge is 2.17. The second-order valence-corrected chi connectivity index (χ2v) is 8.99. The van der Waals surface area contributed by atoms with Crippen LogP contribution in [-0.2, 0) is 22.6 Å². The Morgan fingerprint density at radius 2 is 1.91 bits per heavy atom. The van der Waals surface area contributed by atoms with Gasteiger partial charge in [-0.05, 0) is 61.1 Å². The Balaban J connectivity index is 1.34. The minimum absolute atomic E-state index is 0.0201. The fourth-order valence-electron chi connectivity index (χ4n) is 5.00. The molecule has 5 nitrogen and oxygen atoms in total. The van der Waals surface area contributed by atoms with Gasteiger partial charge in [0.15, 0.2) is 0 Å². The number of anilines is 2. The molecule has 3 aromatic rings. The van der Waals surface area contributed by atoms with Crippen molar-refractivity contribution in [3.05, 3.63) is 65.9 Å². The van der Waals surface area contributed by atoms with Crippen molar-refractivity contribution in [3.8, 4) is 0 Å². The van der Waals surface area contributed by atoms with Crippen molar-refractivity contribution in [1.82, 2.24) is 4.57 Å². The number of nitrogens with zero attached hydrogens (tertiary/aromatic N) is 1. The first-order chi connectivity index (χ1) is 15.7. The third kappa shape index (κ3) is 4.47. The van der Waals surface area contributed by atoms with E-state index < -0.39 is 0 Å². The lowest BCUT2D eigenvalue weighted by atomic mass is 9.89. The van der Waals surface area contributed by atoms with Gasteiger partial charge in [-0.3, -0.25) is 9.59 Å². The van der Waals surface area contributed by atoms with E-state index in [-0.39, 0.29) is 11.8 Å². The van der Waals surface area contributed by atoms with Crippen molar-refractivity contribution in [2.24, 2.45) is 5.92 Å². The van der Waals surface area contributed by atoms with Crippen LogP contribution in [0, 0.1) is 5.92 Å². The van der Waals surface area contributed by atoms with Crippen LogP contribution in [0.1, 0.15) is 49.8 Å². The van der Waals surface area contributed by atoms with Crippen LogP contribution in [0.4, 0.5) is 11.4 Å². The van der Waals surface area contributed by atoms with Gasteiger partial charge in [0.2, 0.25) is 11.8 Å². The van der Waals surface area contributed by atoms with E-state index in [0.29, 0.717) is 18.0 Å². The van der Waals surface area contributed by atoms with Crippen LogP contribution in [0.5, 0.6) is 0 Å². The fraction of sp³-hybridized carbons (Fsp3) is 0.333. The van der Waals surface area contributed by atoms with E-state index in [1.807, 2.05) is 24.3 Å². The minimum atomic E-state index is -0.179. The maximum atomic E-state index is 12.6. The molecular formula is C27H29N3O2. The SMILES string of the molecule is O=C(/C=C/c1cc2ccccc2n1CC1CCCCC1)Nc1ccc2c(c1)NC(=O)CC2. The molecule has 2 heterocycles. The molecule has 32 heavy (non-hydrogen) atoms. The second-order valence-electron chi connectivity index (χ2n) is 8.99. The Hall–Kier alpha value is -3.34. The molecule has 1 saturated carbocycles. The molecule has 0 unspecified atom stereocenters. The third-order valence-electron chi connectivity index (χ3n) is 6.69. The number of aromatic nitrogens is 1.